The summed E-state index contributed by atoms with van der Waals surface area (Å²) in [4.78, 5) is 31.8. The summed E-state index contributed by atoms with van der Waals surface area (Å²) in [6, 6.07) is 7.18. The average molecular weight is 411 g/mol. The molecule has 0 saturated heterocycles. The minimum atomic E-state index is -0.381. The molecule has 0 unspecified atom stereocenters. The van der Waals surface area contributed by atoms with Gasteiger partial charge in [0.25, 0.3) is 5.56 Å². The van der Waals surface area contributed by atoms with Crippen LogP contribution in [0.1, 0.15) is 53.6 Å². The first-order chi connectivity index (χ1) is 13.8. The van der Waals surface area contributed by atoms with Crippen LogP contribution in [-0.2, 0) is 24.1 Å². The fraction of sp³-hybridized carbons (Fsp3) is 0.435. The highest BCUT2D eigenvalue weighted by Gasteiger charge is 2.31. The lowest BCUT2D eigenvalue weighted by Gasteiger charge is -2.33. The van der Waals surface area contributed by atoms with Gasteiger partial charge in [-0.2, -0.15) is 0 Å². The third kappa shape index (κ3) is 3.73. The third-order valence-electron chi connectivity index (χ3n) is 5.96. The van der Waals surface area contributed by atoms with E-state index < -0.39 is 0 Å². The molecule has 2 heterocycles. The topological polar surface area (TPSA) is 61.2 Å². The van der Waals surface area contributed by atoms with E-state index in [4.69, 9.17) is 4.74 Å². The van der Waals surface area contributed by atoms with Crippen molar-refractivity contribution in [3.05, 3.63) is 62.5 Å². The van der Waals surface area contributed by atoms with Crippen LogP contribution in [0.2, 0.25) is 0 Å². The number of hydrogen-bond acceptors (Lipinski definition) is 5. The van der Waals surface area contributed by atoms with E-state index in [0.29, 0.717) is 18.0 Å². The van der Waals surface area contributed by atoms with Gasteiger partial charge in [-0.15, -0.1) is 11.3 Å². The quantitative estimate of drug-likeness (QED) is 0.599. The summed E-state index contributed by atoms with van der Waals surface area (Å²) in [6.45, 7) is 7.26. The maximum Gasteiger partial charge on any atom is 0.337 e. The molecule has 0 amide bonds. The Morgan fingerprint density at radius 2 is 2.14 bits per heavy atom. The average Bonchev–Trinajstić information content (AvgIpc) is 3.07. The van der Waals surface area contributed by atoms with Gasteiger partial charge in [0.1, 0.15) is 4.83 Å². The lowest BCUT2D eigenvalue weighted by atomic mass is 9.72. The van der Waals surface area contributed by atoms with Crippen LogP contribution in [0, 0.1) is 11.3 Å². The number of ether oxygens (including phenoxy) is 1. The fourth-order valence-corrected chi connectivity index (χ4v) is 5.42. The first-order valence-electron chi connectivity index (χ1n) is 9.95. The predicted molar refractivity (Wildman–Crippen MR) is 116 cm³/mol. The van der Waals surface area contributed by atoms with E-state index in [0.717, 1.165) is 35.0 Å². The Labute approximate surface area is 174 Å². The molecule has 0 radical (unpaired) electrons. The van der Waals surface area contributed by atoms with Gasteiger partial charge >= 0.3 is 5.97 Å². The van der Waals surface area contributed by atoms with E-state index in [-0.39, 0.29) is 16.9 Å². The zero-order valence-electron chi connectivity index (χ0n) is 17.3. The van der Waals surface area contributed by atoms with Crippen LogP contribution in [0.15, 0.2) is 35.4 Å². The van der Waals surface area contributed by atoms with Crippen molar-refractivity contribution in [1.29, 1.82) is 0 Å². The van der Waals surface area contributed by atoms with E-state index in [2.05, 4.69) is 25.8 Å². The molecule has 1 aromatic carbocycles. The Bertz CT molecular complexity index is 1140. The third-order valence-corrected chi connectivity index (χ3v) is 7.12. The van der Waals surface area contributed by atoms with Gasteiger partial charge in [0.2, 0.25) is 0 Å². The number of aromatic nitrogens is 2. The monoisotopic (exact) mass is 410 g/mol. The molecule has 0 bridgehead atoms. The molecule has 4 rings (SSSR count). The largest absolute Gasteiger partial charge is 0.465 e. The SMILES string of the molecule is COC(=O)c1cccc(Cn2cnc3sc4c(c3c2=O)CC[C@@H](C(C)(C)C)C4)c1. The summed E-state index contributed by atoms with van der Waals surface area (Å²) in [5.74, 6) is 0.249. The first kappa shape index (κ1) is 19.8. The van der Waals surface area contributed by atoms with Gasteiger partial charge in [-0.3, -0.25) is 9.36 Å². The van der Waals surface area contributed by atoms with E-state index in [1.165, 1.54) is 17.6 Å². The van der Waals surface area contributed by atoms with E-state index in [1.54, 1.807) is 40.4 Å². The Hall–Kier alpha value is -2.47. The van der Waals surface area contributed by atoms with Gasteiger partial charge in [0, 0.05) is 4.88 Å². The summed E-state index contributed by atoms with van der Waals surface area (Å²) in [5, 5.41) is 0.781. The molecule has 0 aliphatic heterocycles. The van der Waals surface area contributed by atoms with Crippen LogP contribution >= 0.6 is 11.3 Å². The summed E-state index contributed by atoms with van der Waals surface area (Å²) >= 11 is 1.67. The smallest absolute Gasteiger partial charge is 0.337 e. The Morgan fingerprint density at radius 1 is 1.34 bits per heavy atom. The number of rotatable bonds is 3. The molecular weight excluding hydrogens is 384 g/mol. The standard InChI is InChI=1S/C23H26N2O3S/c1-23(2,3)16-8-9-17-18(11-16)29-20-19(17)21(26)25(13-24-20)12-14-6-5-7-15(10-14)22(27)28-4/h5-7,10,13,16H,8-9,11-12H2,1-4H3/t16-/m1/s1. The Kier molecular flexibility index (Phi) is 5.07. The Morgan fingerprint density at radius 3 is 2.86 bits per heavy atom. The van der Waals surface area contributed by atoms with E-state index >= 15 is 0 Å². The second-order valence-electron chi connectivity index (χ2n) is 8.86. The second-order valence-corrected chi connectivity index (χ2v) is 9.94. The molecule has 6 heteroatoms. The molecule has 29 heavy (non-hydrogen) atoms. The fourth-order valence-electron chi connectivity index (χ4n) is 4.16. The number of nitrogens with zero attached hydrogens (tertiary/aromatic N) is 2. The highest BCUT2D eigenvalue weighted by molar-refractivity contribution is 7.18. The number of hydrogen-bond donors (Lipinski definition) is 0. The summed E-state index contributed by atoms with van der Waals surface area (Å²) < 4.78 is 6.43. The zero-order valence-corrected chi connectivity index (χ0v) is 18.1. The molecule has 2 aromatic heterocycles. The number of esters is 1. The summed E-state index contributed by atoms with van der Waals surface area (Å²) in [6.07, 6.45) is 4.70. The van der Waals surface area contributed by atoms with Crippen molar-refractivity contribution in [3.8, 4) is 0 Å². The van der Waals surface area contributed by atoms with Crippen molar-refractivity contribution in [2.45, 2.75) is 46.6 Å². The van der Waals surface area contributed by atoms with E-state index in [1.807, 2.05) is 6.07 Å². The van der Waals surface area contributed by atoms with Gasteiger partial charge in [0.15, 0.2) is 0 Å². The van der Waals surface area contributed by atoms with Crippen LogP contribution in [0.4, 0.5) is 0 Å². The second kappa shape index (κ2) is 7.41. The van der Waals surface area contributed by atoms with Gasteiger partial charge in [-0.05, 0) is 53.9 Å². The molecule has 0 N–H and O–H groups in total. The van der Waals surface area contributed by atoms with Crippen molar-refractivity contribution in [1.82, 2.24) is 9.55 Å². The number of methoxy groups -OCH3 is 1. The van der Waals surface area contributed by atoms with Crippen LogP contribution < -0.4 is 5.56 Å². The lowest BCUT2D eigenvalue weighted by Crippen LogP contribution is -2.27. The van der Waals surface area contributed by atoms with Crippen LogP contribution in [0.25, 0.3) is 10.2 Å². The molecule has 0 fully saturated rings. The minimum Gasteiger partial charge on any atom is -0.465 e. The highest BCUT2D eigenvalue weighted by Crippen LogP contribution is 2.41. The van der Waals surface area contributed by atoms with Gasteiger partial charge in [-0.25, -0.2) is 9.78 Å². The number of fused-ring (bicyclic) bond motifs is 3. The highest BCUT2D eigenvalue weighted by atomic mass is 32.1. The van der Waals surface area contributed by atoms with Crippen molar-refractivity contribution >= 4 is 27.5 Å². The molecule has 1 atom stereocenters. The van der Waals surface area contributed by atoms with Crippen LogP contribution in [0.3, 0.4) is 0 Å². The van der Waals surface area contributed by atoms with E-state index in [9.17, 15) is 9.59 Å². The van der Waals surface area contributed by atoms with Crippen molar-refractivity contribution < 1.29 is 9.53 Å². The molecule has 1 aliphatic carbocycles. The summed E-state index contributed by atoms with van der Waals surface area (Å²) in [7, 11) is 1.36. The Balaban J connectivity index is 1.69. The molecule has 3 aromatic rings. The van der Waals surface area contributed by atoms with Crippen molar-refractivity contribution in [2.75, 3.05) is 7.11 Å². The van der Waals surface area contributed by atoms with Gasteiger partial charge in [-0.1, -0.05) is 32.9 Å². The summed E-state index contributed by atoms with van der Waals surface area (Å²) in [5.41, 5.74) is 2.82. The van der Waals surface area contributed by atoms with Crippen LogP contribution in [0.5, 0.6) is 0 Å². The number of carbonyl (C=O) groups excluding carboxylic acids is 1. The molecule has 0 saturated carbocycles. The zero-order chi connectivity index (χ0) is 20.8. The number of benzene rings is 1. The molecule has 152 valence electrons. The number of aryl methyl sites for hydroxylation is 1. The molecular formula is C23H26N2O3S. The minimum absolute atomic E-state index is 0.00480. The first-order valence-corrected chi connectivity index (χ1v) is 10.8. The maximum atomic E-state index is 13.3. The lowest BCUT2D eigenvalue weighted by molar-refractivity contribution is 0.0600. The van der Waals surface area contributed by atoms with Crippen molar-refractivity contribution in [3.63, 3.8) is 0 Å². The molecule has 0 spiro atoms. The predicted octanol–water partition coefficient (Wildman–Crippen LogP) is 4.44. The van der Waals surface area contributed by atoms with Gasteiger partial charge in [0.05, 0.1) is 30.9 Å². The van der Waals surface area contributed by atoms with Crippen molar-refractivity contribution in [2.24, 2.45) is 11.3 Å². The normalized spacial score (nSPS) is 16.6. The number of thiophene rings is 1. The molecule has 1 aliphatic rings. The van der Waals surface area contributed by atoms with Crippen LogP contribution in [-0.4, -0.2) is 22.6 Å². The number of carbonyl (C=O) groups is 1. The molecule has 5 nitrogen and oxygen atoms in total. The maximum absolute atomic E-state index is 13.3. The van der Waals surface area contributed by atoms with Gasteiger partial charge < -0.3 is 4.74 Å².